The zero-order valence-electron chi connectivity index (χ0n) is 12.5. The number of aryl methyl sites for hydroxylation is 1. The summed E-state index contributed by atoms with van der Waals surface area (Å²) in [5, 5.41) is 2.90. The van der Waals surface area contributed by atoms with Crippen molar-refractivity contribution >= 4 is 11.6 Å². The second-order valence-electron chi connectivity index (χ2n) is 5.41. The third-order valence-electron chi connectivity index (χ3n) is 3.58. The van der Waals surface area contributed by atoms with Crippen molar-refractivity contribution in [3.8, 4) is 11.5 Å². The van der Waals surface area contributed by atoms with Crippen molar-refractivity contribution in [1.29, 1.82) is 0 Å². The number of carbonyl (C=O) groups is 1. The van der Waals surface area contributed by atoms with Crippen LogP contribution in [0.1, 0.15) is 18.4 Å². The summed E-state index contributed by atoms with van der Waals surface area (Å²) in [6, 6.07) is 15.2. The number of anilines is 1. The Morgan fingerprint density at radius 1 is 1.23 bits per heavy atom. The second-order valence-corrected chi connectivity index (χ2v) is 5.41. The summed E-state index contributed by atoms with van der Waals surface area (Å²) in [4.78, 5) is 12.2. The van der Waals surface area contributed by atoms with Gasteiger partial charge in [0.15, 0.2) is 5.75 Å². The van der Waals surface area contributed by atoms with Crippen molar-refractivity contribution in [2.24, 2.45) is 0 Å². The molecular formula is C18H19NO3. The first-order chi connectivity index (χ1) is 10.7. The van der Waals surface area contributed by atoms with Crippen molar-refractivity contribution < 1.29 is 14.3 Å². The van der Waals surface area contributed by atoms with Gasteiger partial charge in [0.2, 0.25) is 0 Å². The Hall–Kier alpha value is -2.33. The van der Waals surface area contributed by atoms with Gasteiger partial charge in [0.25, 0.3) is 5.91 Å². The molecule has 0 aliphatic carbocycles. The summed E-state index contributed by atoms with van der Waals surface area (Å²) in [6.45, 7) is 2.66. The van der Waals surface area contributed by atoms with Crippen LogP contribution in [-0.2, 0) is 9.53 Å². The van der Waals surface area contributed by atoms with Gasteiger partial charge in [-0.15, -0.1) is 0 Å². The van der Waals surface area contributed by atoms with Crippen LogP contribution in [0.4, 0.5) is 5.69 Å². The Morgan fingerprint density at radius 3 is 2.86 bits per heavy atom. The molecule has 1 aliphatic rings. The topological polar surface area (TPSA) is 47.6 Å². The predicted molar refractivity (Wildman–Crippen MR) is 85.3 cm³/mol. The number of carbonyl (C=O) groups excluding carboxylic acids is 1. The van der Waals surface area contributed by atoms with E-state index in [-0.39, 0.29) is 12.0 Å². The number of nitrogens with one attached hydrogen (secondary N) is 1. The molecule has 4 heteroatoms. The van der Waals surface area contributed by atoms with Crippen LogP contribution in [0.5, 0.6) is 11.5 Å². The van der Waals surface area contributed by atoms with Crippen LogP contribution in [0, 0.1) is 6.92 Å². The molecule has 0 aromatic heterocycles. The summed E-state index contributed by atoms with van der Waals surface area (Å²) in [5.74, 6) is 1.26. The molecule has 3 rings (SSSR count). The molecule has 4 nitrogen and oxygen atoms in total. The summed E-state index contributed by atoms with van der Waals surface area (Å²) in [6.07, 6.45) is 1.35. The fourth-order valence-corrected chi connectivity index (χ4v) is 2.46. The molecule has 1 N–H and O–H groups in total. The van der Waals surface area contributed by atoms with Crippen LogP contribution < -0.4 is 10.1 Å². The highest BCUT2D eigenvalue weighted by molar-refractivity contribution is 5.95. The van der Waals surface area contributed by atoms with Crippen LogP contribution in [0.25, 0.3) is 0 Å². The average Bonchev–Trinajstić information content (AvgIpc) is 3.04. The van der Waals surface area contributed by atoms with Gasteiger partial charge in [-0.25, -0.2) is 0 Å². The first-order valence-electron chi connectivity index (χ1n) is 7.48. The minimum absolute atomic E-state index is 0.113. The molecule has 1 saturated heterocycles. The highest BCUT2D eigenvalue weighted by Crippen LogP contribution is 2.30. The Morgan fingerprint density at radius 2 is 2.09 bits per heavy atom. The molecule has 1 aliphatic heterocycles. The summed E-state index contributed by atoms with van der Waals surface area (Å²) in [7, 11) is 0. The van der Waals surface area contributed by atoms with Crippen LogP contribution in [0.2, 0.25) is 0 Å². The molecule has 0 saturated carbocycles. The van der Waals surface area contributed by atoms with Gasteiger partial charge in [-0.2, -0.15) is 0 Å². The molecule has 1 unspecified atom stereocenters. The summed E-state index contributed by atoms with van der Waals surface area (Å²) < 4.78 is 11.3. The van der Waals surface area contributed by atoms with E-state index >= 15 is 0 Å². The fraction of sp³-hybridized carbons (Fsp3) is 0.278. The molecule has 1 heterocycles. The molecule has 2 aromatic carbocycles. The van der Waals surface area contributed by atoms with Gasteiger partial charge in [-0.1, -0.05) is 24.3 Å². The van der Waals surface area contributed by atoms with Gasteiger partial charge in [-0.05, 0) is 49.6 Å². The molecule has 1 amide bonds. The lowest BCUT2D eigenvalue weighted by atomic mass is 10.2. The lowest BCUT2D eigenvalue weighted by Gasteiger charge is -2.14. The van der Waals surface area contributed by atoms with Gasteiger partial charge in [0.1, 0.15) is 11.9 Å². The van der Waals surface area contributed by atoms with E-state index in [2.05, 4.69) is 5.32 Å². The summed E-state index contributed by atoms with van der Waals surface area (Å²) in [5.41, 5.74) is 1.78. The van der Waals surface area contributed by atoms with Gasteiger partial charge in [-0.3, -0.25) is 4.79 Å². The average molecular weight is 297 g/mol. The Bertz CT molecular complexity index is 663. The third-order valence-corrected chi connectivity index (χ3v) is 3.58. The third kappa shape index (κ3) is 3.46. The van der Waals surface area contributed by atoms with Crippen molar-refractivity contribution in [1.82, 2.24) is 0 Å². The molecule has 1 fully saturated rings. The van der Waals surface area contributed by atoms with Crippen molar-refractivity contribution in [2.45, 2.75) is 25.9 Å². The number of amides is 1. The maximum absolute atomic E-state index is 12.2. The van der Waals surface area contributed by atoms with Gasteiger partial charge < -0.3 is 14.8 Å². The van der Waals surface area contributed by atoms with E-state index in [9.17, 15) is 4.79 Å². The van der Waals surface area contributed by atoms with Gasteiger partial charge in [0, 0.05) is 6.61 Å². The summed E-state index contributed by atoms with van der Waals surface area (Å²) >= 11 is 0. The largest absolute Gasteiger partial charge is 0.455 e. The zero-order valence-corrected chi connectivity index (χ0v) is 12.5. The van der Waals surface area contributed by atoms with Crippen LogP contribution >= 0.6 is 0 Å². The quantitative estimate of drug-likeness (QED) is 0.931. The van der Waals surface area contributed by atoms with Gasteiger partial charge >= 0.3 is 0 Å². The van der Waals surface area contributed by atoms with Crippen molar-refractivity contribution in [3.05, 3.63) is 54.1 Å². The first kappa shape index (κ1) is 14.6. The Balaban J connectivity index is 1.76. The molecule has 0 radical (unpaired) electrons. The monoisotopic (exact) mass is 297 g/mol. The molecule has 0 spiro atoms. The number of rotatable bonds is 4. The zero-order chi connectivity index (χ0) is 15.4. The standard InChI is InChI=1S/C18H19NO3/c1-13-6-4-7-14(12-13)22-16-9-3-2-8-15(16)19-18(20)17-10-5-11-21-17/h2-4,6-9,12,17H,5,10-11H2,1H3,(H,19,20). The van der Waals surface area contributed by atoms with Gasteiger partial charge in [0.05, 0.1) is 5.69 Å². The van der Waals surface area contributed by atoms with Crippen LogP contribution in [0.15, 0.2) is 48.5 Å². The number of ether oxygens (including phenoxy) is 2. The van der Waals surface area contributed by atoms with Crippen LogP contribution in [-0.4, -0.2) is 18.6 Å². The van der Waals surface area contributed by atoms with E-state index in [4.69, 9.17) is 9.47 Å². The van der Waals surface area contributed by atoms with E-state index in [1.165, 1.54) is 0 Å². The Kier molecular flexibility index (Phi) is 4.39. The second kappa shape index (κ2) is 6.62. The molecule has 1 atom stereocenters. The smallest absolute Gasteiger partial charge is 0.253 e. The normalized spacial score (nSPS) is 17.2. The minimum Gasteiger partial charge on any atom is -0.455 e. The van der Waals surface area contributed by atoms with Crippen LogP contribution in [0.3, 0.4) is 0 Å². The number of para-hydroxylation sites is 2. The SMILES string of the molecule is Cc1cccc(Oc2ccccc2NC(=O)C2CCCO2)c1. The lowest BCUT2D eigenvalue weighted by molar-refractivity contribution is -0.124. The molecule has 0 bridgehead atoms. The molecular weight excluding hydrogens is 278 g/mol. The maximum atomic E-state index is 12.2. The molecule has 114 valence electrons. The van der Waals surface area contributed by atoms with E-state index in [0.29, 0.717) is 18.0 Å². The highest BCUT2D eigenvalue weighted by Gasteiger charge is 2.24. The Labute approximate surface area is 130 Å². The predicted octanol–water partition coefficient (Wildman–Crippen LogP) is 3.90. The molecule has 2 aromatic rings. The van der Waals surface area contributed by atoms with E-state index in [0.717, 1.165) is 24.2 Å². The number of hydrogen-bond acceptors (Lipinski definition) is 3. The first-order valence-corrected chi connectivity index (χ1v) is 7.48. The number of benzene rings is 2. The van der Waals surface area contributed by atoms with Crippen molar-refractivity contribution in [2.75, 3.05) is 11.9 Å². The van der Waals surface area contributed by atoms with E-state index in [1.807, 2.05) is 55.5 Å². The number of hydrogen-bond donors (Lipinski definition) is 1. The van der Waals surface area contributed by atoms with E-state index in [1.54, 1.807) is 0 Å². The molecule has 22 heavy (non-hydrogen) atoms. The minimum atomic E-state index is -0.355. The highest BCUT2D eigenvalue weighted by atomic mass is 16.5. The van der Waals surface area contributed by atoms with E-state index < -0.39 is 0 Å². The lowest BCUT2D eigenvalue weighted by Crippen LogP contribution is -2.26. The fourth-order valence-electron chi connectivity index (χ4n) is 2.46. The maximum Gasteiger partial charge on any atom is 0.253 e. The van der Waals surface area contributed by atoms with Crippen molar-refractivity contribution in [3.63, 3.8) is 0 Å².